The highest BCUT2D eigenvalue weighted by molar-refractivity contribution is 6.30. The summed E-state index contributed by atoms with van der Waals surface area (Å²) in [6.07, 6.45) is 3.81. The van der Waals surface area contributed by atoms with E-state index in [1.165, 1.54) is 24.8 Å². The zero-order valence-electron chi connectivity index (χ0n) is 11.3. The Balaban J connectivity index is 2.22. The zero-order valence-corrected chi connectivity index (χ0v) is 12.0. The smallest absolute Gasteiger partial charge is 0.0499 e. The molecule has 0 saturated heterocycles. The normalized spacial score (nSPS) is 18.9. The van der Waals surface area contributed by atoms with Gasteiger partial charge in [-0.05, 0) is 50.4 Å². The maximum absolute atomic E-state index is 6.23. The van der Waals surface area contributed by atoms with Gasteiger partial charge in [0.15, 0.2) is 0 Å². The highest BCUT2D eigenvalue weighted by atomic mass is 35.5. The van der Waals surface area contributed by atoms with Crippen molar-refractivity contribution in [3.8, 4) is 0 Å². The second-order valence-electron chi connectivity index (χ2n) is 5.32. The van der Waals surface area contributed by atoms with Gasteiger partial charge in [-0.25, -0.2) is 0 Å². The van der Waals surface area contributed by atoms with E-state index in [-0.39, 0.29) is 6.04 Å². The lowest BCUT2D eigenvalue weighted by atomic mass is 9.98. The Morgan fingerprint density at radius 3 is 2.39 bits per heavy atom. The summed E-state index contributed by atoms with van der Waals surface area (Å²) in [4.78, 5) is 2.58. The standard InChI is InChI=1S/C15H23ClN2/c1-3-10-18(14-8-9-14)15(11(2)17)12-4-6-13(16)7-5-12/h4-7,11,14-15H,3,8-10,17H2,1-2H3. The molecule has 1 fully saturated rings. The van der Waals surface area contributed by atoms with Gasteiger partial charge in [0.25, 0.3) is 0 Å². The molecule has 0 radical (unpaired) electrons. The van der Waals surface area contributed by atoms with Gasteiger partial charge in [-0.1, -0.05) is 30.7 Å². The summed E-state index contributed by atoms with van der Waals surface area (Å²) < 4.78 is 0. The lowest BCUT2D eigenvalue weighted by molar-refractivity contribution is 0.166. The van der Waals surface area contributed by atoms with Gasteiger partial charge < -0.3 is 5.73 Å². The molecule has 0 heterocycles. The molecular formula is C15H23ClN2. The monoisotopic (exact) mass is 266 g/mol. The largest absolute Gasteiger partial charge is 0.326 e. The van der Waals surface area contributed by atoms with E-state index in [0.29, 0.717) is 6.04 Å². The van der Waals surface area contributed by atoms with Gasteiger partial charge >= 0.3 is 0 Å². The molecule has 2 nitrogen and oxygen atoms in total. The second-order valence-corrected chi connectivity index (χ2v) is 5.76. The minimum Gasteiger partial charge on any atom is -0.326 e. The number of benzene rings is 1. The summed E-state index contributed by atoms with van der Waals surface area (Å²) >= 11 is 5.97. The minimum atomic E-state index is 0.137. The average Bonchev–Trinajstić information content (AvgIpc) is 3.14. The quantitative estimate of drug-likeness (QED) is 0.852. The molecule has 18 heavy (non-hydrogen) atoms. The van der Waals surface area contributed by atoms with E-state index in [9.17, 15) is 0 Å². The van der Waals surface area contributed by atoms with Crippen molar-refractivity contribution in [2.45, 2.75) is 51.2 Å². The van der Waals surface area contributed by atoms with E-state index in [0.717, 1.165) is 17.6 Å². The zero-order chi connectivity index (χ0) is 13.1. The number of nitrogens with zero attached hydrogens (tertiary/aromatic N) is 1. The Bertz CT molecular complexity index is 371. The number of hydrogen-bond acceptors (Lipinski definition) is 2. The molecule has 0 bridgehead atoms. The van der Waals surface area contributed by atoms with Crippen LogP contribution in [-0.4, -0.2) is 23.5 Å². The lowest BCUT2D eigenvalue weighted by Gasteiger charge is -2.34. The van der Waals surface area contributed by atoms with Crippen LogP contribution in [0, 0.1) is 0 Å². The summed E-state index contributed by atoms with van der Waals surface area (Å²) in [5, 5.41) is 0.788. The Labute approximate surface area is 115 Å². The van der Waals surface area contributed by atoms with Crippen LogP contribution in [0.2, 0.25) is 5.02 Å². The first-order valence-electron chi connectivity index (χ1n) is 6.90. The molecule has 0 aliphatic heterocycles. The summed E-state index contributed by atoms with van der Waals surface area (Å²) in [5.41, 5.74) is 7.52. The van der Waals surface area contributed by atoms with E-state index in [1.54, 1.807) is 0 Å². The first kappa shape index (κ1) is 13.9. The van der Waals surface area contributed by atoms with Crippen molar-refractivity contribution in [3.05, 3.63) is 34.9 Å². The van der Waals surface area contributed by atoms with Gasteiger partial charge in [0.1, 0.15) is 0 Å². The predicted octanol–water partition coefficient (Wildman–Crippen LogP) is 3.60. The number of rotatable bonds is 6. The summed E-state index contributed by atoms with van der Waals surface area (Å²) in [5.74, 6) is 0. The predicted molar refractivity (Wildman–Crippen MR) is 77.9 cm³/mol. The van der Waals surface area contributed by atoms with Crippen molar-refractivity contribution in [2.24, 2.45) is 5.73 Å². The fourth-order valence-electron chi connectivity index (χ4n) is 2.67. The third kappa shape index (κ3) is 3.25. The number of halogens is 1. The van der Waals surface area contributed by atoms with E-state index in [2.05, 4.69) is 30.9 Å². The van der Waals surface area contributed by atoms with Crippen molar-refractivity contribution in [1.29, 1.82) is 0 Å². The molecule has 1 aromatic carbocycles. The lowest BCUT2D eigenvalue weighted by Crippen LogP contribution is -2.41. The molecule has 2 unspecified atom stereocenters. The van der Waals surface area contributed by atoms with Crippen molar-refractivity contribution in [2.75, 3.05) is 6.54 Å². The molecule has 3 heteroatoms. The van der Waals surface area contributed by atoms with Crippen LogP contribution in [0.15, 0.2) is 24.3 Å². The van der Waals surface area contributed by atoms with Gasteiger partial charge in [-0.3, -0.25) is 4.90 Å². The highest BCUT2D eigenvalue weighted by Gasteiger charge is 2.35. The van der Waals surface area contributed by atoms with E-state index in [1.807, 2.05) is 12.1 Å². The van der Waals surface area contributed by atoms with Crippen LogP contribution in [0.25, 0.3) is 0 Å². The van der Waals surface area contributed by atoms with Gasteiger partial charge in [-0.2, -0.15) is 0 Å². The molecule has 1 aliphatic rings. The average molecular weight is 267 g/mol. The minimum absolute atomic E-state index is 0.137. The molecular weight excluding hydrogens is 244 g/mol. The second kappa shape index (κ2) is 6.05. The summed E-state index contributed by atoms with van der Waals surface area (Å²) in [6.45, 7) is 5.46. The number of nitrogens with two attached hydrogens (primary N) is 1. The van der Waals surface area contributed by atoms with Crippen molar-refractivity contribution < 1.29 is 0 Å². The molecule has 0 aromatic heterocycles. The SMILES string of the molecule is CCCN(C1CC1)C(c1ccc(Cl)cc1)C(C)N. The molecule has 0 amide bonds. The van der Waals surface area contributed by atoms with Gasteiger partial charge in [0, 0.05) is 23.1 Å². The Hall–Kier alpha value is -0.570. The van der Waals surface area contributed by atoms with E-state index < -0.39 is 0 Å². The molecule has 2 N–H and O–H groups in total. The molecule has 1 aromatic rings. The molecule has 1 saturated carbocycles. The van der Waals surface area contributed by atoms with Crippen molar-refractivity contribution in [1.82, 2.24) is 4.90 Å². The van der Waals surface area contributed by atoms with E-state index >= 15 is 0 Å². The third-order valence-corrected chi connectivity index (χ3v) is 3.82. The van der Waals surface area contributed by atoms with Crippen LogP contribution in [0.4, 0.5) is 0 Å². The third-order valence-electron chi connectivity index (χ3n) is 3.56. The van der Waals surface area contributed by atoms with Crippen LogP contribution in [0.3, 0.4) is 0 Å². The fraction of sp³-hybridized carbons (Fsp3) is 0.600. The Morgan fingerprint density at radius 2 is 1.94 bits per heavy atom. The maximum atomic E-state index is 6.23. The topological polar surface area (TPSA) is 29.3 Å². The molecule has 2 rings (SSSR count). The Morgan fingerprint density at radius 1 is 1.33 bits per heavy atom. The maximum Gasteiger partial charge on any atom is 0.0499 e. The fourth-order valence-corrected chi connectivity index (χ4v) is 2.80. The number of hydrogen-bond donors (Lipinski definition) is 1. The van der Waals surface area contributed by atoms with Crippen LogP contribution in [0.5, 0.6) is 0 Å². The van der Waals surface area contributed by atoms with Gasteiger partial charge in [0.2, 0.25) is 0 Å². The first-order chi connectivity index (χ1) is 8.63. The Kier molecular flexibility index (Phi) is 4.66. The molecule has 2 atom stereocenters. The van der Waals surface area contributed by atoms with Crippen LogP contribution in [-0.2, 0) is 0 Å². The van der Waals surface area contributed by atoms with Crippen LogP contribution >= 0.6 is 11.6 Å². The van der Waals surface area contributed by atoms with E-state index in [4.69, 9.17) is 17.3 Å². The molecule has 1 aliphatic carbocycles. The van der Waals surface area contributed by atoms with Gasteiger partial charge in [0.05, 0.1) is 0 Å². The highest BCUT2D eigenvalue weighted by Crippen LogP contribution is 2.36. The summed E-state index contributed by atoms with van der Waals surface area (Å²) in [6, 6.07) is 9.33. The van der Waals surface area contributed by atoms with Crippen molar-refractivity contribution >= 4 is 11.6 Å². The van der Waals surface area contributed by atoms with Crippen LogP contribution in [0.1, 0.15) is 44.7 Å². The van der Waals surface area contributed by atoms with Crippen LogP contribution < -0.4 is 5.73 Å². The first-order valence-corrected chi connectivity index (χ1v) is 7.28. The molecule has 100 valence electrons. The van der Waals surface area contributed by atoms with Gasteiger partial charge in [-0.15, -0.1) is 0 Å². The van der Waals surface area contributed by atoms with Crippen molar-refractivity contribution in [3.63, 3.8) is 0 Å². The molecule has 0 spiro atoms. The summed E-state index contributed by atoms with van der Waals surface area (Å²) in [7, 11) is 0.